The van der Waals surface area contributed by atoms with E-state index in [-0.39, 0.29) is 5.75 Å². The van der Waals surface area contributed by atoms with Gasteiger partial charge >= 0.3 is 0 Å². The Morgan fingerprint density at radius 1 is 0.913 bits per heavy atom. The molecule has 0 atom stereocenters. The molecule has 0 fully saturated rings. The zero-order valence-corrected chi connectivity index (χ0v) is 12.6. The summed E-state index contributed by atoms with van der Waals surface area (Å²) in [6.07, 6.45) is 1.93. The molecular weight excluding hydrogens is 286 g/mol. The van der Waals surface area contributed by atoms with Gasteiger partial charge in [0, 0.05) is 17.5 Å². The van der Waals surface area contributed by atoms with Crippen LogP contribution in [-0.2, 0) is 0 Å². The number of phenolic OH excluding ortho intramolecular Hbond substituents is 1. The number of aryl methyl sites for hydroxylation is 1. The molecule has 0 amide bonds. The number of rotatable bonds is 2. The number of aromatic hydroxyl groups is 1. The van der Waals surface area contributed by atoms with Gasteiger partial charge < -0.3 is 5.11 Å². The summed E-state index contributed by atoms with van der Waals surface area (Å²) in [5.74, 6) is 0.250. The molecule has 0 radical (unpaired) electrons. The van der Waals surface area contributed by atoms with Gasteiger partial charge in [0.05, 0.1) is 11.2 Å². The van der Waals surface area contributed by atoms with Crippen molar-refractivity contribution < 1.29 is 5.11 Å². The van der Waals surface area contributed by atoms with E-state index in [0.29, 0.717) is 0 Å². The maximum Gasteiger partial charge on any atom is 0.120 e. The zero-order chi connectivity index (χ0) is 15.8. The molecule has 1 aromatic carbocycles. The van der Waals surface area contributed by atoms with Crippen molar-refractivity contribution in [2.24, 2.45) is 0 Å². The van der Waals surface area contributed by atoms with E-state index in [1.807, 2.05) is 66.2 Å². The standard InChI is InChI=1S/C19H15N3O/c1-13-5-4-6-16(20-13)19-18(14-8-10-15(23)11-9-14)17-7-2-3-12-22(17)21-19/h2-12,23H,1H3. The fourth-order valence-electron chi connectivity index (χ4n) is 2.77. The second kappa shape index (κ2) is 5.25. The lowest BCUT2D eigenvalue weighted by molar-refractivity contribution is 0.475. The lowest BCUT2D eigenvalue weighted by Crippen LogP contribution is -1.89. The summed E-state index contributed by atoms with van der Waals surface area (Å²) in [5, 5.41) is 14.3. The Bertz CT molecular complexity index is 987. The highest BCUT2D eigenvalue weighted by molar-refractivity contribution is 5.91. The monoisotopic (exact) mass is 301 g/mol. The van der Waals surface area contributed by atoms with Gasteiger partial charge in [-0.15, -0.1) is 0 Å². The fraction of sp³-hybridized carbons (Fsp3) is 0.0526. The van der Waals surface area contributed by atoms with Crippen molar-refractivity contribution in [3.63, 3.8) is 0 Å². The van der Waals surface area contributed by atoms with Gasteiger partial charge in [-0.1, -0.05) is 24.3 Å². The molecule has 112 valence electrons. The zero-order valence-electron chi connectivity index (χ0n) is 12.6. The first-order valence-electron chi connectivity index (χ1n) is 7.43. The topological polar surface area (TPSA) is 50.4 Å². The summed E-state index contributed by atoms with van der Waals surface area (Å²) in [6.45, 7) is 1.97. The molecule has 23 heavy (non-hydrogen) atoms. The lowest BCUT2D eigenvalue weighted by Gasteiger charge is -2.04. The van der Waals surface area contributed by atoms with E-state index in [2.05, 4.69) is 4.98 Å². The number of benzene rings is 1. The van der Waals surface area contributed by atoms with Crippen molar-refractivity contribution in [3.05, 3.63) is 72.6 Å². The highest BCUT2D eigenvalue weighted by Gasteiger charge is 2.17. The number of nitrogens with zero attached hydrogens (tertiary/aromatic N) is 3. The van der Waals surface area contributed by atoms with Gasteiger partial charge in [0.1, 0.15) is 11.4 Å². The average Bonchev–Trinajstić information content (AvgIpc) is 2.95. The van der Waals surface area contributed by atoms with Crippen LogP contribution in [0.4, 0.5) is 0 Å². The minimum Gasteiger partial charge on any atom is -0.508 e. The minimum absolute atomic E-state index is 0.250. The van der Waals surface area contributed by atoms with Gasteiger partial charge in [-0.05, 0) is 48.9 Å². The van der Waals surface area contributed by atoms with Crippen molar-refractivity contribution in [3.8, 4) is 28.3 Å². The van der Waals surface area contributed by atoms with Crippen molar-refractivity contribution in [1.29, 1.82) is 0 Å². The number of fused-ring (bicyclic) bond motifs is 1. The van der Waals surface area contributed by atoms with Crippen molar-refractivity contribution >= 4 is 5.52 Å². The van der Waals surface area contributed by atoms with Gasteiger partial charge in [0.25, 0.3) is 0 Å². The van der Waals surface area contributed by atoms with Crippen LogP contribution >= 0.6 is 0 Å². The third-order valence-electron chi connectivity index (χ3n) is 3.83. The number of aromatic nitrogens is 3. The molecule has 3 heterocycles. The van der Waals surface area contributed by atoms with Crippen LogP contribution in [0.5, 0.6) is 5.75 Å². The van der Waals surface area contributed by atoms with E-state index in [1.54, 1.807) is 12.1 Å². The fourth-order valence-corrected chi connectivity index (χ4v) is 2.77. The summed E-state index contributed by atoms with van der Waals surface area (Å²) in [5.41, 5.74) is 5.67. The quantitative estimate of drug-likeness (QED) is 0.607. The number of hydrogen-bond donors (Lipinski definition) is 1. The Morgan fingerprint density at radius 3 is 2.52 bits per heavy atom. The van der Waals surface area contributed by atoms with E-state index in [0.717, 1.165) is 33.7 Å². The second-order valence-corrected chi connectivity index (χ2v) is 5.47. The molecule has 4 rings (SSSR count). The van der Waals surface area contributed by atoms with Crippen LogP contribution in [0.1, 0.15) is 5.69 Å². The first-order valence-corrected chi connectivity index (χ1v) is 7.43. The Kier molecular flexibility index (Phi) is 3.08. The molecule has 0 aliphatic rings. The highest BCUT2D eigenvalue weighted by atomic mass is 16.3. The number of phenols is 1. The van der Waals surface area contributed by atoms with Gasteiger partial charge in [-0.2, -0.15) is 5.10 Å². The minimum atomic E-state index is 0.250. The van der Waals surface area contributed by atoms with Gasteiger partial charge in [0.15, 0.2) is 0 Å². The van der Waals surface area contributed by atoms with E-state index >= 15 is 0 Å². The molecule has 0 unspecified atom stereocenters. The average molecular weight is 301 g/mol. The molecular formula is C19H15N3O. The van der Waals surface area contributed by atoms with Crippen LogP contribution in [0.2, 0.25) is 0 Å². The lowest BCUT2D eigenvalue weighted by atomic mass is 10.0. The molecule has 0 aliphatic carbocycles. The van der Waals surface area contributed by atoms with Crippen LogP contribution in [0.3, 0.4) is 0 Å². The molecule has 0 saturated heterocycles. The van der Waals surface area contributed by atoms with Crippen LogP contribution in [0, 0.1) is 6.92 Å². The van der Waals surface area contributed by atoms with E-state index in [4.69, 9.17) is 5.10 Å². The van der Waals surface area contributed by atoms with Crippen molar-refractivity contribution in [1.82, 2.24) is 14.6 Å². The largest absolute Gasteiger partial charge is 0.508 e. The maximum absolute atomic E-state index is 9.56. The number of hydrogen-bond acceptors (Lipinski definition) is 3. The van der Waals surface area contributed by atoms with E-state index < -0.39 is 0 Å². The van der Waals surface area contributed by atoms with Crippen LogP contribution < -0.4 is 0 Å². The first kappa shape index (κ1) is 13.5. The van der Waals surface area contributed by atoms with Gasteiger partial charge in [-0.25, -0.2) is 4.52 Å². The molecule has 0 aliphatic heterocycles. The van der Waals surface area contributed by atoms with E-state index in [1.165, 1.54) is 0 Å². The van der Waals surface area contributed by atoms with Crippen molar-refractivity contribution in [2.45, 2.75) is 6.92 Å². The summed E-state index contributed by atoms with van der Waals surface area (Å²) in [4.78, 5) is 4.62. The first-order chi connectivity index (χ1) is 11.2. The summed E-state index contributed by atoms with van der Waals surface area (Å²) < 4.78 is 1.86. The summed E-state index contributed by atoms with van der Waals surface area (Å²) >= 11 is 0. The molecule has 1 N–H and O–H groups in total. The smallest absolute Gasteiger partial charge is 0.120 e. The summed E-state index contributed by atoms with van der Waals surface area (Å²) in [6, 6.07) is 19.1. The molecule has 0 bridgehead atoms. The number of pyridine rings is 2. The van der Waals surface area contributed by atoms with Crippen LogP contribution in [0.15, 0.2) is 66.9 Å². The van der Waals surface area contributed by atoms with Crippen LogP contribution in [0.25, 0.3) is 28.0 Å². The molecule has 4 heteroatoms. The molecule has 3 aromatic heterocycles. The summed E-state index contributed by atoms with van der Waals surface area (Å²) in [7, 11) is 0. The Labute approximate surface area is 133 Å². The molecule has 0 saturated carbocycles. The Balaban J connectivity index is 2.04. The predicted octanol–water partition coefficient (Wildman–Crippen LogP) is 4.08. The van der Waals surface area contributed by atoms with E-state index in [9.17, 15) is 5.11 Å². The molecule has 0 spiro atoms. The normalized spacial score (nSPS) is 11.0. The third kappa shape index (κ3) is 2.34. The predicted molar refractivity (Wildman–Crippen MR) is 90.3 cm³/mol. The molecule has 4 aromatic rings. The highest BCUT2D eigenvalue weighted by Crippen LogP contribution is 2.34. The Morgan fingerprint density at radius 2 is 1.74 bits per heavy atom. The third-order valence-corrected chi connectivity index (χ3v) is 3.83. The van der Waals surface area contributed by atoms with Gasteiger partial charge in [-0.3, -0.25) is 4.98 Å². The Hall–Kier alpha value is -3.14. The van der Waals surface area contributed by atoms with Crippen LogP contribution in [-0.4, -0.2) is 19.7 Å². The van der Waals surface area contributed by atoms with Crippen molar-refractivity contribution in [2.75, 3.05) is 0 Å². The van der Waals surface area contributed by atoms with Gasteiger partial charge in [0.2, 0.25) is 0 Å². The SMILES string of the molecule is Cc1cccc(-c2nn3ccccc3c2-c2ccc(O)cc2)n1. The molecule has 4 nitrogen and oxygen atoms in total. The second-order valence-electron chi connectivity index (χ2n) is 5.47. The maximum atomic E-state index is 9.56.